The number of aliphatic hydroxyl groups excluding tert-OH is 1. The number of nitrogens with zero attached hydrogens (tertiary/aromatic N) is 2. The highest BCUT2D eigenvalue weighted by Gasteiger charge is 2.33. The number of pyridine rings is 1. The van der Waals surface area contributed by atoms with E-state index in [9.17, 15) is 13.5 Å². The molecule has 0 radical (unpaired) electrons. The number of likely N-dealkylation sites (N-methyl/N-ethyl adjacent to an activating group) is 1. The van der Waals surface area contributed by atoms with Crippen LogP contribution in [0.3, 0.4) is 0 Å². The third kappa shape index (κ3) is 2.74. The van der Waals surface area contributed by atoms with E-state index in [0.717, 1.165) is 18.4 Å². The molecule has 0 saturated heterocycles. The van der Waals surface area contributed by atoms with Gasteiger partial charge in [0.05, 0.1) is 16.5 Å². The van der Waals surface area contributed by atoms with E-state index < -0.39 is 16.1 Å². The fourth-order valence-corrected chi connectivity index (χ4v) is 4.04. The van der Waals surface area contributed by atoms with Crippen molar-refractivity contribution in [3.63, 3.8) is 0 Å². The van der Waals surface area contributed by atoms with Gasteiger partial charge in [-0.2, -0.15) is 4.31 Å². The highest BCUT2D eigenvalue weighted by Crippen LogP contribution is 2.33. The minimum Gasteiger partial charge on any atom is -0.391 e. The lowest BCUT2D eigenvalue weighted by molar-refractivity contribution is 0.131. The summed E-state index contributed by atoms with van der Waals surface area (Å²) in [6.07, 6.45) is 3.03. The second-order valence-corrected chi connectivity index (χ2v) is 7.98. The van der Waals surface area contributed by atoms with Crippen molar-refractivity contribution in [1.82, 2.24) is 9.29 Å². The van der Waals surface area contributed by atoms with Gasteiger partial charge in [0.2, 0.25) is 10.0 Å². The molecular weight excluding hydrogens is 300 g/mol. The second kappa shape index (κ2) is 5.61. The molecule has 1 heterocycles. The molecule has 1 aromatic carbocycles. The molecule has 1 atom stereocenters. The van der Waals surface area contributed by atoms with Gasteiger partial charge in [-0.25, -0.2) is 8.42 Å². The van der Waals surface area contributed by atoms with Crippen LogP contribution in [0.5, 0.6) is 0 Å². The molecule has 6 heteroatoms. The van der Waals surface area contributed by atoms with Crippen LogP contribution in [0.1, 0.15) is 18.4 Å². The summed E-state index contributed by atoms with van der Waals surface area (Å²) in [7, 11) is -2.13. The number of rotatable bonds is 5. The van der Waals surface area contributed by atoms with Crippen LogP contribution >= 0.6 is 0 Å². The molecule has 2 aromatic rings. The summed E-state index contributed by atoms with van der Waals surface area (Å²) >= 11 is 0. The number of aliphatic hydroxyl groups is 1. The van der Waals surface area contributed by atoms with Crippen LogP contribution in [0.2, 0.25) is 0 Å². The Bertz CT molecular complexity index is 800. The van der Waals surface area contributed by atoms with E-state index in [1.165, 1.54) is 11.4 Å². The average molecular weight is 320 g/mol. The number of benzene rings is 1. The van der Waals surface area contributed by atoms with E-state index in [1.807, 2.05) is 6.92 Å². The molecule has 0 spiro atoms. The third-order valence-electron chi connectivity index (χ3n) is 4.23. The lowest BCUT2D eigenvalue weighted by Crippen LogP contribution is -2.35. The molecule has 3 rings (SSSR count). The number of aryl methyl sites for hydroxylation is 1. The van der Waals surface area contributed by atoms with Crippen LogP contribution in [0.25, 0.3) is 10.9 Å². The van der Waals surface area contributed by atoms with Gasteiger partial charge in [-0.3, -0.25) is 4.98 Å². The first-order valence-corrected chi connectivity index (χ1v) is 8.84. The van der Waals surface area contributed by atoms with Gasteiger partial charge in [-0.15, -0.1) is 0 Å². The van der Waals surface area contributed by atoms with Crippen molar-refractivity contribution in [3.05, 3.63) is 36.0 Å². The lowest BCUT2D eigenvalue weighted by Gasteiger charge is -2.21. The Morgan fingerprint density at radius 1 is 1.36 bits per heavy atom. The summed E-state index contributed by atoms with van der Waals surface area (Å²) < 4.78 is 26.9. The van der Waals surface area contributed by atoms with Crippen LogP contribution in [0.15, 0.2) is 35.4 Å². The summed E-state index contributed by atoms with van der Waals surface area (Å²) in [6.45, 7) is 2.04. The quantitative estimate of drug-likeness (QED) is 0.914. The van der Waals surface area contributed by atoms with Crippen LogP contribution in [0.4, 0.5) is 0 Å². The topological polar surface area (TPSA) is 70.5 Å². The summed E-state index contributed by atoms with van der Waals surface area (Å²) in [5.41, 5.74) is 1.63. The van der Waals surface area contributed by atoms with Crippen molar-refractivity contribution >= 4 is 20.9 Å². The van der Waals surface area contributed by atoms with Gasteiger partial charge in [0.15, 0.2) is 0 Å². The standard InChI is InChI=1S/C16H20N2O3S/c1-11-5-8-15(13-4-3-9-17-16(11)13)22(20,21)18(2)10-14(19)12-6-7-12/h3-5,8-9,12,14,19H,6-7,10H2,1-2H3. The number of sulfonamides is 1. The number of hydrogen-bond donors (Lipinski definition) is 1. The second-order valence-electron chi connectivity index (χ2n) is 5.97. The van der Waals surface area contributed by atoms with Crippen molar-refractivity contribution in [2.45, 2.75) is 30.8 Å². The predicted molar refractivity (Wildman–Crippen MR) is 85.0 cm³/mol. The van der Waals surface area contributed by atoms with E-state index in [-0.39, 0.29) is 17.4 Å². The van der Waals surface area contributed by atoms with Crippen molar-refractivity contribution < 1.29 is 13.5 Å². The molecule has 1 aromatic heterocycles. The molecule has 0 amide bonds. The highest BCUT2D eigenvalue weighted by molar-refractivity contribution is 7.89. The Morgan fingerprint density at radius 2 is 2.09 bits per heavy atom. The van der Waals surface area contributed by atoms with Gasteiger partial charge in [0.25, 0.3) is 0 Å². The summed E-state index contributed by atoms with van der Waals surface area (Å²) in [6, 6.07) is 6.90. The SMILES string of the molecule is Cc1ccc(S(=O)(=O)N(C)CC(O)C2CC2)c2cccnc12. The van der Waals surface area contributed by atoms with Crippen LogP contribution < -0.4 is 0 Å². The maximum absolute atomic E-state index is 12.8. The first kappa shape index (κ1) is 15.4. The van der Waals surface area contributed by atoms with E-state index in [0.29, 0.717) is 10.9 Å². The van der Waals surface area contributed by atoms with Crippen LogP contribution in [0, 0.1) is 12.8 Å². The molecule has 22 heavy (non-hydrogen) atoms. The van der Waals surface area contributed by atoms with Crippen molar-refractivity contribution in [2.24, 2.45) is 5.92 Å². The molecule has 1 aliphatic rings. The van der Waals surface area contributed by atoms with Gasteiger partial charge in [0, 0.05) is 25.2 Å². The Morgan fingerprint density at radius 3 is 2.77 bits per heavy atom. The molecular formula is C16H20N2O3S. The largest absolute Gasteiger partial charge is 0.391 e. The van der Waals surface area contributed by atoms with E-state index in [2.05, 4.69) is 4.98 Å². The van der Waals surface area contributed by atoms with Crippen molar-refractivity contribution in [2.75, 3.05) is 13.6 Å². The molecule has 5 nitrogen and oxygen atoms in total. The molecule has 0 bridgehead atoms. The monoisotopic (exact) mass is 320 g/mol. The fraction of sp³-hybridized carbons (Fsp3) is 0.438. The van der Waals surface area contributed by atoms with Crippen molar-refractivity contribution in [1.29, 1.82) is 0 Å². The van der Waals surface area contributed by atoms with E-state index in [1.54, 1.807) is 30.5 Å². The first-order chi connectivity index (χ1) is 10.4. The minimum atomic E-state index is -3.65. The van der Waals surface area contributed by atoms with Crippen molar-refractivity contribution in [3.8, 4) is 0 Å². The normalized spacial score (nSPS) is 17.1. The van der Waals surface area contributed by atoms with E-state index >= 15 is 0 Å². The minimum absolute atomic E-state index is 0.128. The van der Waals surface area contributed by atoms with E-state index in [4.69, 9.17) is 0 Å². The zero-order valence-corrected chi connectivity index (χ0v) is 13.5. The average Bonchev–Trinajstić information content (AvgIpc) is 3.32. The maximum Gasteiger partial charge on any atom is 0.243 e. The molecule has 118 valence electrons. The summed E-state index contributed by atoms with van der Waals surface area (Å²) in [4.78, 5) is 4.52. The number of hydrogen-bond acceptors (Lipinski definition) is 4. The van der Waals surface area contributed by atoms with Gasteiger partial charge in [-0.05, 0) is 49.4 Å². The van der Waals surface area contributed by atoms with Crippen LogP contribution in [-0.2, 0) is 10.0 Å². The molecule has 1 N–H and O–H groups in total. The first-order valence-electron chi connectivity index (χ1n) is 7.40. The van der Waals surface area contributed by atoms with Gasteiger partial charge in [-0.1, -0.05) is 6.07 Å². The van der Waals surface area contributed by atoms with Gasteiger partial charge in [0.1, 0.15) is 0 Å². The Hall–Kier alpha value is -1.50. The smallest absolute Gasteiger partial charge is 0.243 e. The predicted octanol–water partition coefficient (Wildman–Crippen LogP) is 1.93. The highest BCUT2D eigenvalue weighted by atomic mass is 32.2. The molecule has 1 saturated carbocycles. The molecule has 1 fully saturated rings. The molecule has 1 aliphatic carbocycles. The Balaban J connectivity index is 2.00. The lowest BCUT2D eigenvalue weighted by atomic mass is 10.1. The Labute approximate surface area is 130 Å². The van der Waals surface area contributed by atoms with Gasteiger partial charge < -0.3 is 5.11 Å². The summed E-state index contributed by atoms with van der Waals surface area (Å²) in [5.74, 6) is 0.245. The third-order valence-corrected chi connectivity index (χ3v) is 6.11. The van der Waals surface area contributed by atoms with Crippen LogP contribution in [-0.4, -0.2) is 42.5 Å². The number of aromatic nitrogens is 1. The number of fused-ring (bicyclic) bond motifs is 1. The molecule has 0 aliphatic heterocycles. The zero-order valence-electron chi connectivity index (χ0n) is 12.7. The molecule has 1 unspecified atom stereocenters. The zero-order chi connectivity index (χ0) is 15.9. The fourth-order valence-electron chi connectivity index (χ4n) is 2.67. The Kier molecular flexibility index (Phi) is 3.92. The van der Waals surface area contributed by atoms with Gasteiger partial charge >= 0.3 is 0 Å². The summed E-state index contributed by atoms with van der Waals surface area (Å²) in [5, 5.41) is 10.6. The maximum atomic E-state index is 12.8.